The van der Waals surface area contributed by atoms with E-state index < -0.39 is 16.1 Å². The van der Waals surface area contributed by atoms with E-state index in [1.165, 1.54) is 0 Å². The Labute approximate surface area is 238 Å². The zero-order chi connectivity index (χ0) is 28.5. The number of hydrogen-bond donors (Lipinski definition) is 2. The molecule has 2 amide bonds. The van der Waals surface area contributed by atoms with Crippen LogP contribution in [-0.4, -0.2) is 43.8 Å². The predicted molar refractivity (Wildman–Crippen MR) is 157 cm³/mol. The number of nitrogens with one attached hydrogen (secondary N) is 2. The maximum Gasteiger partial charge on any atom is 0.243 e. The maximum atomic E-state index is 13.8. The Balaban J connectivity index is 1.52. The van der Waals surface area contributed by atoms with Gasteiger partial charge in [0.25, 0.3) is 0 Å². The summed E-state index contributed by atoms with van der Waals surface area (Å²) in [5, 5.41) is 3.04. The number of rotatable bonds is 14. The van der Waals surface area contributed by atoms with Crippen LogP contribution in [0.2, 0.25) is 0 Å². The number of sulfonamides is 1. The van der Waals surface area contributed by atoms with Crippen molar-refractivity contribution in [2.45, 2.75) is 69.5 Å². The van der Waals surface area contributed by atoms with Crippen LogP contribution in [0.15, 0.2) is 89.8 Å². The van der Waals surface area contributed by atoms with E-state index in [9.17, 15) is 18.0 Å². The third kappa shape index (κ3) is 8.76. The van der Waals surface area contributed by atoms with Gasteiger partial charge in [-0.3, -0.25) is 9.59 Å². The van der Waals surface area contributed by atoms with Gasteiger partial charge in [-0.1, -0.05) is 86.6 Å². The minimum Gasteiger partial charge on any atom is -0.354 e. The van der Waals surface area contributed by atoms with Crippen LogP contribution in [0.25, 0.3) is 0 Å². The van der Waals surface area contributed by atoms with Crippen molar-refractivity contribution in [1.29, 1.82) is 0 Å². The Bertz CT molecular complexity index is 1360. The lowest BCUT2D eigenvalue weighted by Gasteiger charge is -2.32. The highest BCUT2D eigenvalue weighted by atomic mass is 32.2. The van der Waals surface area contributed by atoms with Crippen molar-refractivity contribution >= 4 is 21.8 Å². The van der Waals surface area contributed by atoms with Crippen molar-refractivity contribution < 1.29 is 18.0 Å². The van der Waals surface area contributed by atoms with E-state index in [0.717, 1.165) is 29.5 Å². The summed E-state index contributed by atoms with van der Waals surface area (Å²) in [4.78, 5) is 29.2. The van der Waals surface area contributed by atoms with Gasteiger partial charge in [-0.15, -0.1) is 0 Å². The smallest absolute Gasteiger partial charge is 0.243 e. The fourth-order valence-electron chi connectivity index (χ4n) is 4.48. The van der Waals surface area contributed by atoms with Gasteiger partial charge in [0, 0.05) is 32.0 Å². The summed E-state index contributed by atoms with van der Waals surface area (Å²) in [5.74, 6) is -0.0120. The van der Waals surface area contributed by atoms with Crippen LogP contribution in [-0.2, 0) is 39.0 Å². The zero-order valence-electron chi connectivity index (χ0n) is 23.3. The average molecular weight is 562 g/mol. The summed E-state index contributed by atoms with van der Waals surface area (Å²) in [7, 11) is -3.52. The molecule has 1 aliphatic carbocycles. The van der Waals surface area contributed by atoms with E-state index in [-0.39, 0.29) is 35.1 Å². The lowest BCUT2D eigenvalue weighted by molar-refractivity contribution is -0.141. The largest absolute Gasteiger partial charge is 0.354 e. The molecule has 7 nitrogen and oxygen atoms in total. The Kier molecular flexibility index (Phi) is 10.1. The molecule has 0 radical (unpaired) electrons. The first kappa shape index (κ1) is 29.5. The second-order valence-corrected chi connectivity index (χ2v) is 12.6. The van der Waals surface area contributed by atoms with E-state index in [4.69, 9.17) is 0 Å². The minimum atomic E-state index is -3.52. The molecule has 1 saturated carbocycles. The van der Waals surface area contributed by atoms with Crippen LogP contribution in [0, 0.1) is 5.92 Å². The molecule has 1 fully saturated rings. The molecule has 1 atom stereocenters. The summed E-state index contributed by atoms with van der Waals surface area (Å²) < 4.78 is 27.7. The van der Waals surface area contributed by atoms with Crippen LogP contribution in [0.3, 0.4) is 0 Å². The van der Waals surface area contributed by atoms with Crippen molar-refractivity contribution in [2.24, 2.45) is 5.92 Å². The second kappa shape index (κ2) is 13.7. The van der Waals surface area contributed by atoms with Gasteiger partial charge in [0.2, 0.25) is 21.8 Å². The number of aryl methyl sites for hydroxylation is 1. The van der Waals surface area contributed by atoms with Gasteiger partial charge in [-0.2, -0.15) is 0 Å². The van der Waals surface area contributed by atoms with Crippen LogP contribution >= 0.6 is 0 Å². The van der Waals surface area contributed by atoms with Crippen molar-refractivity contribution in [3.8, 4) is 0 Å². The van der Waals surface area contributed by atoms with E-state index >= 15 is 0 Å². The van der Waals surface area contributed by atoms with E-state index in [2.05, 4.69) is 10.0 Å². The molecule has 1 aliphatic rings. The van der Waals surface area contributed by atoms with Gasteiger partial charge in [0.1, 0.15) is 6.04 Å². The molecule has 40 heavy (non-hydrogen) atoms. The molecule has 0 bridgehead atoms. The lowest BCUT2D eigenvalue weighted by Crippen LogP contribution is -2.51. The Hall–Kier alpha value is -3.49. The SMILES string of the molecule is CC(C)CNC(=O)[C@H](Cc1ccccc1)N(Cc1ccccc1)C(=O)CCc1ccc(S(=O)(=O)NC2CC2)cc1. The van der Waals surface area contributed by atoms with Gasteiger partial charge < -0.3 is 10.2 Å². The number of benzene rings is 3. The molecule has 0 spiro atoms. The number of hydrogen-bond acceptors (Lipinski definition) is 4. The van der Waals surface area contributed by atoms with Gasteiger partial charge >= 0.3 is 0 Å². The molecular weight excluding hydrogens is 522 g/mol. The van der Waals surface area contributed by atoms with Crippen molar-refractivity contribution in [3.63, 3.8) is 0 Å². The molecule has 0 heterocycles. The van der Waals surface area contributed by atoms with Gasteiger partial charge in [-0.05, 0) is 54.0 Å². The van der Waals surface area contributed by atoms with E-state index in [0.29, 0.717) is 25.9 Å². The first-order chi connectivity index (χ1) is 19.2. The van der Waals surface area contributed by atoms with Crippen molar-refractivity contribution in [2.75, 3.05) is 6.54 Å². The summed E-state index contributed by atoms with van der Waals surface area (Å²) in [6.07, 6.45) is 2.79. The molecular formula is C32H39N3O4S. The molecule has 3 aromatic carbocycles. The van der Waals surface area contributed by atoms with Crippen LogP contribution in [0.1, 0.15) is 49.8 Å². The topological polar surface area (TPSA) is 95.6 Å². The van der Waals surface area contributed by atoms with Gasteiger partial charge in [0.15, 0.2) is 0 Å². The number of carbonyl (C=O) groups excluding carboxylic acids is 2. The van der Waals surface area contributed by atoms with E-state index in [1.807, 2.05) is 74.5 Å². The standard InChI is InChI=1S/C32H39N3O4S/c1-24(2)22-33-32(37)30(21-26-9-5-3-6-10-26)35(23-27-11-7-4-8-12-27)31(36)20-15-25-13-18-29(19-14-25)40(38,39)34-28-16-17-28/h3-14,18-19,24,28,30,34H,15-17,20-23H2,1-2H3,(H,33,37)/t30-/m0/s1. The molecule has 0 aromatic heterocycles. The number of amides is 2. The molecule has 2 N–H and O–H groups in total. The summed E-state index contributed by atoms with van der Waals surface area (Å²) >= 11 is 0. The predicted octanol–water partition coefficient (Wildman–Crippen LogP) is 4.47. The average Bonchev–Trinajstić information content (AvgIpc) is 3.77. The van der Waals surface area contributed by atoms with Crippen LogP contribution < -0.4 is 10.0 Å². The Morgan fingerprint density at radius 3 is 2.02 bits per heavy atom. The third-order valence-corrected chi connectivity index (χ3v) is 8.45. The quantitative estimate of drug-likeness (QED) is 0.304. The highest BCUT2D eigenvalue weighted by Gasteiger charge is 2.30. The van der Waals surface area contributed by atoms with Crippen LogP contribution in [0.4, 0.5) is 0 Å². The zero-order valence-corrected chi connectivity index (χ0v) is 24.1. The molecule has 4 rings (SSSR count). The molecule has 212 valence electrons. The highest BCUT2D eigenvalue weighted by molar-refractivity contribution is 7.89. The Morgan fingerprint density at radius 2 is 1.45 bits per heavy atom. The molecule has 0 aliphatic heterocycles. The van der Waals surface area contributed by atoms with Crippen LogP contribution in [0.5, 0.6) is 0 Å². The fraction of sp³-hybridized carbons (Fsp3) is 0.375. The maximum absolute atomic E-state index is 13.8. The normalized spacial score (nSPS) is 14.1. The van der Waals surface area contributed by atoms with E-state index in [1.54, 1.807) is 29.2 Å². The molecule has 0 saturated heterocycles. The monoisotopic (exact) mass is 561 g/mol. The molecule has 3 aromatic rings. The van der Waals surface area contributed by atoms with Gasteiger partial charge in [0.05, 0.1) is 4.90 Å². The first-order valence-corrected chi connectivity index (χ1v) is 15.5. The molecule has 0 unspecified atom stereocenters. The summed E-state index contributed by atoms with van der Waals surface area (Å²) in [6.45, 7) is 4.93. The minimum absolute atomic E-state index is 0.0412. The first-order valence-electron chi connectivity index (χ1n) is 14.0. The summed E-state index contributed by atoms with van der Waals surface area (Å²) in [6, 6.07) is 25.5. The van der Waals surface area contributed by atoms with Gasteiger partial charge in [-0.25, -0.2) is 13.1 Å². The highest BCUT2D eigenvalue weighted by Crippen LogP contribution is 2.23. The summed E-state index contributed by atoms with van der Waals surface area (Å²) in [5.41, 5.74) is 2.79. The lowest BCUT2D eigenvalue weighted by atomic mass is 10.0. The number of nitrogens with zero attached hydrogens (tertiary/aromatic N) is 1. The molecule has 8 heteroatoms. The van der Waals surface area contributed by atoms with Crippen molar-refractivity contribution in [3.05, 3.63) is 102 Å². The second-order valence-electron chi connectivity index (χ2n) is 10.9. The number of carbonyl (C=O) groups is 2. The van der Waals surface area contributed by atoms with Crippen molar-refractivity contribution in [1.82, 2.24) is 14.9 Å². The fourth-order valence-corrected chi connectivity index (χ4v) is 5.78. The third-order valence-electron chi connectivity index (χ3n) is 6.91. The Morgan fingerprint density at radius 1 is 0.850 bits per heavy atom.